The van der Waals surface area contributed by atoms with E-state index >= 15 is 0 Å². The summed E-state index contributed by atoms with van der Waals surface area (Å²) in [5.41, 5.74) is 5.55. The Kier molecular flexibility index (Phi) is 2.91. The summed E-state index contributed by atoms with van der Waals surface area (Å²) in [6.07, 6.45) is 0. The average molecular weight is 344 g/mol. The van der Waals surface area contributed by atoms with Crippen molar-refractivity contribution < 1.29 is 0 Å². The Labute approximate surface area is 156 Å². The maximum Gasteiger partial charge on any atom is 0.0788 e. The first-order valence-corrected chi connectivity index (χ1v) is 9.17. The normalized spacial score (nSPS) is 11.7. The van der Waals surface area contributed by atoms with Gasteiger partial charge < -0.3 is 4.98 Å². The molecular formula is C25H16N2. The summed E-state index contributed by atoms with van der Waals surface area (Å²) in [5, 5.41) is 6.20. The van der Waals surface area contributed by atoms with Crippen LogP contribution in [0.2, 0.25) is 0 Å². The number of benzene rings is 4. The molecule has 0 unspecified atom stereocenters. The van der Waals surface area contributed by atoms with Gasteiger partial charge in [0.1, 0.15) is 0 Å². The van der Waals surface area contributed by atoms with Crippen molar-refractivity contribution in [3.8, 4) is 11.3 Å². The zero-order valence-electron chi connectivity index (χ0n) is 14.6. The number of hydrogen-bond donors (Lipinski definition) is 1. The number of nitrogens with one attached hydrogen (secondary N) is 1. The van der Waals surface area contributed by atoms with Crippen LogP contribution in [0.15, 0.2) is 91.0 Å². The van der Waals surface area contributed by atoms with E-state index in [9.17, 15) is 0 Å². The van der Waals surface area contributed by atoms with Gasteiger partial charge >= 0.3 is 0 Å². The lowest BCUT2D eigenvalue weighted by Gasteiger charge is -2.11. The van der Waals surface area contributed by atoms with E-state index in [1.807, 2.05) is 6.07 Å². The van der Waals surface area contributed by atoms with Crippen molar-refractivity contribution in [2.24, 2.45) is 0 Å². The quantitative estimate of drug-likeness (QED) is 0.331. The lowest BCUT2D eigenvalue weighted by atomic mass is 9.96. The molecule has 0 bridgehead atoms. The number of nitrogens with zero attached hydrogens (tertiary/aromatic N) is 1. The molecule has 6 aromatic rings. The zero-order chi connectivity index (χ0) is 17.8. The fraction of sp³-hybridized carbons (Fsp3) is 0. The first-order chi connectivity index (χ1) is 13.4. The van der Waals surface area contributed by atoms with Crippen LogP contribution in [0.1, 0.15) is 0 Å². The summed E-state index contributed by atoms with van der Waals surface area (Å²) >= 11 is 0. The number of aromatic nitrogens is 2. The monoisotopic (exact) mass is 344 g/mol. The first-order valence-electron chi connectivity index (χ1n) is 9.17. The summed E-state index contributed by atoms with van der Waals surface area (Å²) in [6.45, 7) is 0. The van der Waals surface area contributed by atoms with E-state index in [0.29, 0.717) is 0 Å². The van der Waals surface area contributed by atoms with E-state index < -0.39 is 0 Å². The molecule has 0 saturated heterocycles. The summed E-state index contributed by atoms with van der Waals surface area (Å²) in [7, 11) is 0. The molecular weight excluding hydrogens is 328 g/mol. The van der Waals surface area contributed by atoms with E-state index in [1.165, 1.54) is 38.0 Å². The van der Waals surface area contributed by atoms with Crippen LogP contribution in [0.3, 0.4) is 0 Å². The van der Waals surface area contributed by atoms with Gasteiger partial charge in [-0.15, -0.1) is 0 Å². The molecule has 0 spiro atoms. The summed E-state index contributed by atoms with van der Waals surface area (Å²) in [5.74, 6) is 0. The third-order valence-corrected chi connectivity index (χ3v) is 5.38. The molecule has 0 aliphatic rings. The predicted octanol–water partition coefficient (Wildman–Crippen LogP) is 6.69. The van der Waals surface area contributed by atoms with Crippen LogP contribution >= 0.6 is 0 Å². The zero-order valence-corrected chi connectivity index (χ0v) is 14.6. The van der Waals surface area contributed by atoms with Crippen LogP contribution in [0.5, 0.6) is 0 Å². The van der Waals surface area contributed by atoms with Gasteiger partial charge in [-0.25, -0.2) is 4.98 Å². The van der Waals surface area contributed by atoms with Gasteiger partial charge in [0.05, 0.1) is 11.2 Å². The topological polar surface area (TPSA) is 28.7 Å². The Balaban J connectivity index is 1.92. The van der Waals surface area contributed by atoms with Crippen LogP contribution in [-0.4, -0.2) is 9.97 Å². The van der Waals surface area contributed by atoms with Crippen molar-refractivity contribution in [1.82, 2.24) is 9.97 Å². The highest BCUT2D eigenvalue weighted by Gasteiger charge is 2.15. The first kappa shape index (κ1) is 14.5. The van der Waals surface area contributed by atoms with Gasteiger partial charge in [-0.2, -0.15) is 0 Å². The molecule has 0 amide bonds. The molecule has 2 aromatic heterocycles. The number of para-hydroxylation sites is 2. The van der Waals surface area contributed by atoms with Gasteiger partial charge in [0.25, 0.3) is 0 Å². The van der Waals surface area contributed by atoms with E-state index in [0.717, 1.165) is 16.8 Å². The van der Waals surface area contributed by atoms with E-state index in [1.54, 1.807) is 0 Å². The molecule has 126 valence electrons. The second kappa shape index (κ2) is 5.42. The lowest BCUT2D eigenvalue weighted by molar-refractivity contribution is 1.43. The van der Waals surface area contributed by atoms with Gasteiger partial charge in [0.15, 0.2) is 0 Å². The van der Waals surface area contributed by atoms with Crippen LogP contribution in [0.25, 0.3) is 54.7 Å². The molecule has 2 heteroatoms. The smallest absolute Gasteiger partial charge is 0.0788 e. The molecule has 0 aliphatic carbocycles. The van der Waals surface area contributed by atoms with Crippen LogP contribution in [0.4, 0.5) is 0 Å². The Bertz CT molecular complexity index is 1460. The molecule has 0 saturated carbocycles. The summed E-state index contributed by atoms with van der Waals surface area (Å²) < 4.78 is 0. The minimum atomic E-state index is 1.03. The molecule has 0 radical (unpaired) electrons. The van der Waals surface area contributed by atoms with Crippen molar-refractivity contribution in [1.29, 1.82) is 0 Å². The maximum atomic E-state index is 5.03. The van der Waals surface area contributed by atoms with Crippen molar-refractivity contribution in [3.63, 3.8) is 0 Å². The number of rotatable bonds is 1. The van der Waals surface area contributed by atoms with Gasteiger partial charge in [0.2, 0.25) is 0 Å². The minimum Gasteiger partial charge on any atom is -0.354 e. The molecule has 4 aromatic carbocycles. The molecule has 2 heterocycles. The fourth-order valence-electron chi connectivity index (χ4n) is 4.20. The van der Waals surface area contributed by atoms with E-state index in [2.05, 4.69) is 89.9 Å². The van der Waals surface area contributed by atoms with Crippen molar-refractivity contribution in [2.75, 3.05) is 0 Å². The Hall–Kier alpha value is -3.65. The van der Waals surface area contributed by atoms with Gasteiger partial charge in [-0.05, 0) is 18.2 Å². The minimum absolute atomic E-state index is 1.03. The Morgan fingerprint density at radius 1 is 0.519 bits per heavy atom. The fourth-order valence-corrected chi connectivity index (χ4v) is 4.20. The van der Waals surface area contributed by atoms with E-state index in [4.69, 9.17) is 4.98 Å². The predicted molar refractivity (Wildman–Crippen MR) is 114 cm³/mol. The average Bonchev–Trinajstić information content (AvgIpc) is 3.12. The molecule has 6 rings (SSSR count). The highest BCUT2D eigenvalue weighted by Crippen LogP contribution is 2.39. The van der Waals surface area contributed by atoms with Gasteiger partial charge in [-0.1, -0.05) is 72.8 Å². The van der Waals surface area contributed by atoms with E-state index in [-0.39, 0.29) is 0 Å². The highest BCUT2D eigenvalue weighted by atomic mass is 14.7. The van der Waals surface area contributed by atoms with Crippen molar-refractivity contribution in [2.45, 2.75) is 0 Å². The molecule has 1 N–H and O–H groups in total. The molecule has 27 heavy (non-hydrogen) atoms. The number of fused-ring (bicyclic) bond motifs is 7. The molecule has 0 fully saturated rings. The number of H-pyrrole nitrogens is 1. The number of aromatic amines is 1. The van der Waals surface area contributed by atoms with Gasteiger partial charge in [-0.3, -0.25) is 0 Å². The largest absolute Gasteiger partial charge is 0.354 e. The SMILES string of the molecule is c1ccc(-c2nc3ccccc3c3c2ccc2[nH]c4ccccc4c23)cc1. The Morgan fingerprint density at radius 3 is 2.15 bits per heavy atom. The van der Waals surface area contributed by atoms with Crippen LogP contribution in [-0.2, 0) is 0 Å². The molecule has 0 atom stereocenters. The second-order valence-corrected chi connectivity index (χ2v) is 6.92. The van der Waals surface area contributed by atoms with Crippen LogP contribution in [0, 0.1) is 0 Å². The Morgan fingerprint density at radius 2 is 1.26 bits per heavy atom. The van der Waals surface area contributed by atoms with Gasteiger partial charge in [0, 0.05) is 43.5 Å². The highest BCUT2D eigenvalue weighted by molar-refractivity contribution is 6.28. The maximum absolute atomic E-state index is 5.03. The second-order valence-electron chi connectivity index (χ2n) is 6.92. The third kappa shape index (κ3) is 2.04. The van der Waals surface area contributed by atoms with Crippen LogP contribution < -0.4 is 0 Å². The molecule has 2 nitrogen and oxygen atoms in total. The number of hydrogen-bond acceptors (Lipinski definition) is 1. The molecule has 0 aliphatic heterocycles. The summed E-state index contributed by atoms with van der Waals surface area (Å²) in [6, 6.07) is 31.8. The number of pyridine rings is 1. The lowest BCUT2D eigenvalue weighted by Crippen LogP contribution is -1.90. The standard InChI is InChI=1S/C25H16N2/c1-2-8-16(9-3-1)25-19-14-15-22-24(18-11-5-6-12-20(18)26-22)23(19)17-10-4-7-13-21(17)27-25/h1-15,26H. The van der Waals surface area contributed by atoms with Crippen molar-refractivity contribution >= 4 is 43.5 Å². The summed E-state index contributed by atoms with van der Waals surface area (Å²) in [4.78, 5) is 8.61. The van der Waals surface area contributed by atoms with Crippen molar-refractivity contribution in [3.05, 3.63) is 91.0 Å². The third-order valence-electron chi connectivity index (χ3n) is 5.38.